The number of imidazole rings is 3. The molecule has 15 nitrogen and oxygen atoms in total. The summed E-state index contributed by atoms with van der Waals surface area (Å²) in [5.74, 6) is -3.19. The molecule has 4 unspecified atom stereocenters. The molecule has 0 fully saturated rings. The lowest BCUT2D eigenvalue weighted by atomic mass is 10.1. The lowest BCUT2D eigenvalue weighted by Gasteiger charge is -2.23. The summed E-state index contributed by atoms with van der Waals surface area (Å²) in [5.41, 5.74) is 7.62. The van der Waals surface area contributed by atoms with E-state index in [1.165, 1.54) is 38.3 Å². The molecule has 0 bridgehead atoms. The van der Waals surface area contributed by atoms with Gasteiger partial charge in [0.1, 0.15) is 18.1 Å². The Labute approximate surface area is 205 Å². The summed E-state index contributed by atoms with van der Waals surface area (Å²) in [4.78, 5) is 70.0. The Balaban J connectivity index is 1.63. The van der Waals surface area contributed by atoms with Crippen LogP contribution in [0.15, 0.2) is 37.6 Å². The van der Waals surface area contributed by atoms with Crippen molar-refractivity contribution < 1.29 is 24.3 Å². The summed E-state index contributed by atoms with van der Waals surface area (Å²) in [6.07, 6.45) is 8.91. The number of H-pyrrole nitrogens is 3. The van der Waals surface area contributed by atoms with Crippen molar-refractivity contribution in [3.8, 4) is 0 Å². The zero-order valence-corrected chi connectivity index (χ0v) is 19.4. The number of rotatable bonds is 13. The smallest absolute Gasteiger partial charge is 0.326 e. The molecule has 0 aromatic carbocycles. The average molecular weight is 501 g/mol. The van der Waals surface area contributed by atoms with Crippen LogP contribution in [-0.4, -0.2) is 82.9 Å². The molecule has 9 N–H and O–H groups in total. The van der Waals surface area contributed by atoms with E-state index < -0.39 is 47.9 Å². The van der Waals surface area contributed by atoms with Crippen molar-refractivity contribution in [1.82, 2.24) is 45.9 Å². The number of aromatic nitrogens is 6. The van der Waals surface area contributed by atoms with E-state index in [1.807, 2.05) is 0 Å². The number of aromatic amines is 3. The molecule has 36 heavy (non-hydrogen) atoms. The molecule has 3 amide bonds. The SMILES string of the molecule is CC(NC(=O)C(N)Cc1cnc[nH]1)C(=O)NC(Cc1cnc[nH]1)C(=O)NC(Cc1cnc[nH]1)C(=O)O. The Morgan fingerprint density at radius 1 is 0.778 bits per heavy atom. The van der Waals surface area contributed by atoms with E-state index in [0.29, 0.717) is 17.1 Å². The highest BCUT2D eigenvalue weighted by molar-refractivity contribution is 5.94. The Hall–Kier alpha value is -4.53. The number of amides is 3. The largest absolute Gasteiger partial charge is 0.480 e. The van der Waals surface area contributed by atoms with Crippen molar-refractivity contribution in [1.29, 1.82) is 0 Å². The second-order valence-electron chi connectivity index (χ2n) is 8.14. The van der Waals surface area contributed by atoms with Crippen molar-refractivity contribution in [2.45, 2.75) is 50.4 Å². The standard InChI is InChI=1S/C21H28N10O5/c1-11(29-19(33)15(22)2-12-5-23-8-26-12)18(32)30-16(3-13-6-24-9-27-13)20(34)31-17(21(35)36)4-14-7-25-10-28-14/h5-11,15-17H,2-4,22H2,1H3,(H,23,26)(H,24,27)(H,25,28)(H,29,33)(H,30,32)(H,31,34)(H,35,36). The maximum Gasteiger partial charge on any atom is 0.326 e. The number of hydrogen-bond donors (Lipinski definition) is 8. The number of carboxylic acid groups (broad SMARTS) is 1. The summed E-state index contributed by atoms with van der Waals surface area (Å²) in [6.45, 7) is 1.44. The number of carbonyl (C=O) groups excluding carboxylic acids is 3. The molecule has 15 heteroatoms. The molecule has 0 aliphatic rings. The van der Waals surface area contributed by atoms with Gasteiger partial charge in [-0.2, -0.15) is 0 Å². The predicted molar refractivity (Wildman–Crippen MR) is 124 cm³/mol. The van der Waals surface area contributed by atoms with Crippen LogP contribution in [0.2, 0.25) is 0 Å². The minimum Gasteiger partial charge on any atom is -0.480 e. The minimum absolute atomic E-state index is 0.00791. The minimum atomic E-state index is -1.27. The number of hydrogen-bond acceptors (Lipinski definition) is 8. The average Bonchev–Trinajstić information content (AvgIpc) is 3.62. The van der Waals surface area contributed by atoms with Crippen LogP contribution < -0.4 is 21.7 Å². The Kier molecular flexibility index (Phi) is 8.88. The first-order valence-corrected chi connectivity index (χ1v) is 11.0. The number of carbonyl (C=O) groups is 4. The molecule has 3 aromatic heterocycles. The van der Waals surface area contributed by atoms with Gasteiger partial charge in [0.2, 0.25) is 17.7 Å². The molecule has 0 aliphatic heterocycles. The molecule has 0 aliphatic carbocycles. The zero-order valence-electron chi connectivity index (χ0n) is 19.4. The fourth-order valence-corrected chi connectivity index (χ4v) is 3.32. The first-order valence-electron chi connectivity index (χ1n) is 11.0. The molecule has 3 rings (SSSR count). The number of nitrogens with zero attached hydrogens (tertiary/aromatic N) is 3. The fraction of sp³-hybridized carbons (Fsp3) is 0.381. The van der Waals surface area contributed by atoms with Gasteiger partial charge in [-0.05, 0) is 6.92 Å². The highest BCUT2D eigenvalue weighted by Gasteiger charge is 2.29. The van der Waals surface area contributed by atoms with Crippen molar-refractivity contribution >= 4 is 23.7 Å². The Bertz CT molecular complexity index is 1130. The van der Waals surface area contributed by atoms with Crippen molar-refractivity contribution in [3.63, 3.8) is 0 Å². The summed E-state index contributed by atoms with van der Waals surface area (Å²) in [5, 5.41) is 17.1. The van der Waals surface area contributed by atoms with Crippen LogP contribution in [0, 0.1) is 0 Å². The second-order valence-corrected chi connectivity index (χ2v) is 8.14. The van der Waals surface area contributed by atoms with Gasteiger partial charge in [0.05, 0.1) is 25.0 Å². The van der Waals surface area contributed by atoms with Gasteiger partial charge < -0.3 is 41.7 Å². The normalized spacial score (nSPS) is 14.3. The van der Waals surface area contributed by atoms with Crippen LogP contribution in [-0.2, 0) is 38.4 Å². The molecule has 0 saturated carbocycles. The Morgan fingerprint density at radius 2 is 1.25 bits per heavy atom. The first-order chi connectivity index (χ1) is 17.2. The number of carboxylic acids is 1. The number of nitrogens with one attached hydrogen (secondary N) is 6. The van der Waals surface area contributed by atoms with E-state index in [2.05, 4.69) is 45.9 Å². The van der Waals surface area contributed by atoms with E-state index in [4.69, 9.17) is 5.73 Å². The zero-order chi connectivity index (χ0) is 26.1. The van der Waals surface area contributed by atoms with Crippen LogP contribution in [0.25, 0.3) is 0 Å². The van der Waals surface area contributed by atoms with Crippen molar-refractivity contribution in [2.24, 2.45) is 5.73 Å². The molecule has 3 aromatic rings. The third kappa shape index (κ3) is 7.49. The maximum atomic E-state index is 13.0. The predicted octanol–water partition coefficient (Wildman–Crippen LogP) is -2.23. The van der Waals surface area contributed by atoms with Gasteiger partial charge >= 0.3 is 5.97 Å². The topological polar surface area (TPSA) is 237 Å². The van der Waals surface area contributed by atoms with Gasteiger partial charge in [0, 0.05) is 54.9 Å². The Morgan fingerprint density at radius 3 is 1.72 bits per heavy atom. The van der Waals surface area contributed by atoms with E-state index in [-0.39, 0.29) is 19.3 Å². The summed E-state index contributed by atoms with van der Waals surface area (Å²) in [6, 6.07) is -4.37. The molecule has 192 valence electrons. The molecule has 3 heterocycles. The van der Waals surface area contributed by atoms with Crippen molar-refractivity contribution in [3.05, 3.63) is 54.7 Å². The van der Waals surface area contributed by atoms with E-state index in [1.54, 1.807) is 6.20 Å². The second kappa shape index (κ2) is 12.3. The van der Waals surface area contributed by atoms with Crippen LogP contribution >= 0.6 is 0 Å². The highest BCUT2D eigenvalue weighted by Crippen LogP contribution is 2.04. The van der Waals surface area contributed by atoms with E-state index >= 15 is 0 Å². The van der Waals surface area contributed by atoms with E-state index in [0.717, 1.165) is 0 Å². The number of nitrogens with two attached hydrogens (primary N) is 1. The van der Waals surface area contributed by atoms with Gasteiger partial charge in [-0.3, -0.25) is 14.4 Å². The first kappa shape index (κ1) is 26.1. The fourth-order valence-electron chi connectivity index (χ4n) is 3.32. The van der Waals surface area contributed by atoms with Gasteiger partial charge in [-0.1, -0.05) is 0 Å². The summed E-state index contributed by atoms with van der Waals surface area (Å²) < 4.78 is 0. The van der Waals surface area contributed by atoms with Gasteiger partial charge in [-0.15, -0.1) is 0 Å². The lowest BCUT2D eigenvalue weighted by molar-refractivity contribution is -0.142. The van der Waals surface area contributed by atoms with Gasteiger partial charge in [0.25, 0.3) is 0 Å². The van der Waals surface area contributed by atoms with Gasteiger partial charge in [0.15, 0.2) is 0 Å². The molecular formula is C21H28N10O5. The van der Waals surface area contributed by atoms with Crippen molar-refractivity contribution in [2.75, 3.05) is 0 Å². The molecule has 0 saturated heterocycles. The molecule has 0 spiro atoms. The van der Waals surface area contributed by atoms with Crippen LogP contribution in [0.5, 0.6) is 0 Å². The van der Waals surface area contributed by atoms with Gasteiger partial charge in [-0.25, -0.2) is 19.7 Å². The lowest BCUT2D eigenvalue weighted by Crippen LogP contribution is -2.57. The number of aliphatic carboxylic acids is 1. The van der Waals surface area contributed by atoms with E-state index in [9.17, 15) is 24.3 Å². The molecule has 4 atom stereocenters. The highest BCUT2D eigenvalue weighted by atomic mass is 16.4. The summed E-state index contributed by atoms with van der Waals surface area (Å²) in [7, 11) is 0. The molecular weight excluding hydrogens is 472 g/mol. The third-order valence-electron chi connectivity index (χ3n) is 5.29. The monoisotopic (exact) mass is 500 g/mol. The van der Waals surface area contributed by atoms with Crippen LogP contribution in [0.1, 0.15) is 24.0 Å². The summed E-state index contributed by atoms with van der Waals surface area (Å²) >= 11 is 0. The van der Waals surface area contributed by atoms with Crippen LogP contribution in [0.3, 0.4) is 0 Å². The van der Waals surface area contributed by atoms with Crippen LogP contribution in [0.4, 0.5) is 0 Å². The molecule has 0 radical (unpaired) electrons. The quantitative estimate of drug-likeness (QED) is 0.126. The maximum absolute atomic E-state index is 13.0. The third-order valence-corrected chi connectivity index (χ3v) is 5.29.